The zero-order valence-electron chi connectivity index (χ0n) is 12.2. The van der Waals surface area contributed by atoms with Crippen LogP contribution in [0.1, 0.15) is 37.2 Å². The van der Waals surface area contributed by atoms with Crippen LogP contribution in [-0.4, -0.2) is 37.5 Å². The number of nitrogens with one attached hydrogen (secondary N) is 1. The topological polar surface area (TPSA) is 32.3 Å². The van der Waals surface area contributed by atoms with E-state index in [1.165, 1.54) is 5.56 Å². The lowest BCUT2D eigenvalue weighted by molar-refractivity contribution is -0.132. The van der Waals surface area contributed by atoms with Crippen molar-refractivity contribution in [2.45, 2.75) is 31.6 Å². The van der Waals surface area contributed by atoms with Crippen LogP contribution in [0.5, 0.6) is 0 Å². The molecule has 1 saturated heterocycles. The van der Waals surface area contributed by atoms with Gasteiger partial charge >= 0.3 is 0 Å². The Kier molecular flexibility index (Phi) is 7.63. The highest BCUT2D eigenvalue weighted by atomic mass is 35.5. The number of carbonyl (C=O) groups is 1. The highest BCUT2D eigenvalue weighted by Crippen LogP contribution is 2.27. The lowest BCUT2D eigenvalue weighted by Gasteiger charge is -2.32. The van der Waals surface area contributed by atoms with Crippen LogP contribution in [0.15, 0.2) is 30.3 Å². The Bertz CT molecular complexity index is 389. The number of hydrogen-bond donors (Lipinski definition) is 1. The van der Waals surface area contributed by atoms with Gasteiger partial charge in [0.15, 0.2) is 0 Å². The van der Waals surface area contributed by atoms with Gasteiger partial charge in [-0.2, -0.15) is 0 Å². The summed E-state index contributed by atoms with van der Waals surface area (Å²) >= 11 is 0. The number of hydrogen-bond acceptors (Lipinski definition) is 2. The standard InChI is InChI=1S/C16H24N2O.ClH/c1-17-11-5-8-16(19)18-12-9-15(10-13-18)14-6-3-2-4-7-14;/h2-4,6-7,15,17H,5,8-13H2,1H3;1H. The maximum Gasteiger partial charge on any atom is 0.222 e. The van der Waals surface area contributed by atoms with Crippen molar-refractivity contribution in [3.8, 4) is 0 Å². The molecule has 1 N–H and O–H groups in total. The molecular formula is C16H25ClN2O. The second-order valence-electron chi connectivity index (χ2n) is 5.27. The van der Waals surface area contributed by atoms with Crippen molar-refractivity contribution in [3.05, 3.63) is 35.9 Å². The van der Waals surface area contributed by atoms with E-state index < -0.39 is 0 Å². The van der Waals surface area contributed by atoms with E-state index in [1.807, 2.05) is 11.9 Å². The molecular weight excluding hydrogens is 272 g/mol. The SMILES string of the molecule is CNCCCC(=O)N1CCC(c2ccccc2)CC1.Cl. The van der Waals surface area contributed by atoms with E-state index in [4.69, 9.17) is 0 Å². The molecule has 1 aliphatic rings. The summed E-state index contributed by atoms with van der Waals surface area (Å²) in [5.74, 6) is 0.948. The fourth-order valence-corrected chi connectivity index (χ4v) is 2.76. The van der Waals surface area contributed by atoms with Crippen LogP contribution in [0.25, 0.3) is 0 Å². The van der Waals surface area contributed by atoms with Crippen LogP contribution in [-0.2, 0) is 4.79 Å². The molecule has 0 aliphatic carbocycles. The summed E-state index contributed by atoms with van der Waals surface area (Å²) in [7, 11) is 1.93. The van der Waals surface area contributed by atoms with E-state index >= 15 is 0 Å². The second kappa shape index (κ2) is 8.98. The first-order valence-corrected chi connectivity index (χ1v) is 7.28. The Morgan fingerprint density at radius 2 is 1.90 bits per heavy atom. The monoisotopic (exact) mass is 296 g/mol. The van der Waals surface area contributed by atoms with E-state index in [0.717, 1.165) is 38.9 Å². The molecule has 0 saturated carbocycles. The van der Waals surface area contributed by atoms with E-state index in [-0.39, 0.29) is 12.4 Å². The summed E-state index contributed by atoms with van der Waals surface area (Å²) in [4.78, 5) is 14.1. The Labute approximate surface area is 128 Å². The fourth-order valence-electron chi connectivity index (χ4n) is 2.76. The third-order valence-corrected chi connectivity index (χ3v) is 3.94. The van der Waals surface area contributed by atoms with E-state index in [0.29, 0.717) is 18.2 Å². The van der Waals surface area contributed by atoms with Gasteiger partial charge in [-0.1, -0.05) is 30.3 Å². The zero-order chi connectivity index (χ0) is 13.5. The largest absolute Gasteiger partial charge is 0.343 e. The minimum Gasteiger partial charge on any atom is -0.343 e. The molecule has 0 spiro atoms. The summed E-state index contributed by atoms with van der Waals surface area (Å²) in [6, 6.07) is 10.7. The van der Waals surface area contributed by atoms with Crippen LogP contribution in [0, 0.1) is 0 Å². The summed E-state index contributed by atoms with van der Waals surface area (Å²) in [6.07, 6.45) is 3.81. The first-order chi connectivity index (χ1) is 9.31. The molecule has 1 amide bonds. The maximum atomic E-state index is 12.0. The fraction of sp³-hybridized carbons (Fsp3) is 0.562. The van der Waals surface area contributed by atoms with Crippen molar-refractivity contribution in [2.24, 2.45) is 0 Å². The van der Waals surface area contributed by atoms with Crippen molar-refractivity contribution in [3.63, 3.8) is 0 Å². The van der Waals surface area contributed by atoms with Crippen molar-refractivity contribution in [2.75, 3.05) is 26.7 Å². The molecule has 112 valence electrons. The van der Waals surface area contributed by atoms with Gasteiger partial charge < -0.3 is 10.2 Å². The predicted octanol–water partition coefficient (Wildman–Crippen LogP) is 2.81. The number of amides is 1. The Hall–Kier alpha value is -1.06. The summed E-state index contributed by atoms with van der Waals surface area (Å²) in [6.45, 7) is 2.75. The first-order valence-electron chi connectivity index (χ1n) is 7.28. The Morgan fingerprint density at radius 3 is 2.50 bits per heavy atom. The molecule has 1 aromatic rings. The van der Waals surface area contributed by atoms with Crippen molar-refractivity contribution >= 4 is 18.3 Å². The van der Waals surface area contributed by atoms with Crippen LogP contribution < -0.4 is 5.32 Å². The number of nitrogens with zero attached hydrogens (tertiary/aromatic N) is 1. The molecule has 3 nitrogen and oxygen atoms in total. The van der Waals surface area contributed by atoms with E-state index in [1.54, 1.807) is 0 Å². The summed E-state index contributed by atoms with van der Waals surface area (Å²) < 4.78 is 0. The number of rotatable bonds is 5. The molecule has 0 unspecified atom stereocenters. The molecule has 1 aromatic carbocycles. The van der Waals surface area contributed by atoms with Crippen LogP contribution in [0.4, 0.5) is 0 Å². The number of piperidine rings is 1. The Morgan fingerprint density at radius 1 is 1.25 bits per heavy atom. The van der Waals surface area contributed by atoms with Gasteiger partial charge in [-0.15, -0.1) is 12.4 Å². The number of benzene rings is 1. The normalized spacial score (nSPS) is 15.8. The number of carbonyl (C=O) groups excluding carboxylic acids is 1. The van der Waals surface area contributed by atoms with Crippen molar-refractivity contribution in [1.82, 2.24) is 10.2 Å². The predicted molar refractivity (Wildman–Crippen MR) is 85.4 cm³/mol. The zero-order valence-corrected chi connectivity index (χ0v) is 13.0. The third-order valence-electron chi connectivity index (χ3n) is 3.94. The average Bonchev–Trinajstić information content (AvgIpc) is 2.48. The summed E-state index contributed by atoms with van der Waals surface area (Å²) in [5.41, 5.74) is 1.42. The molecule has 4 heteroatoms. The van der Waals surface area contributed by atoms with Crippen molar-refractivity contribution in [1.29, 1.82) is 0 Å². The molecule has 1 heterocycles. The van der Waals surface area contributed by atoms with Gasteiger partial charge in [0, 0.05) is 19.5 Å². The van der Waals surface area contributed by atoms with E-state index in [2.05, 4.69) is 35.6 Å². The molecule has 0 bridgehead atoms. The van der Waals surface area contributed by atoms with E-state index in [9.17, 15) is 4.79 Å². The number of halogens is 1. The summed E-state index contributed by atoms with van der Waals surface area (Å²) in [5, 5.41) is 3.08. The third kappa shape index (κ3) is 4.80. The van der Waals surface area contributed by atoms with Gasteiger partial charge in [0.1, 0.15) is 0 Å². The van der Waals surface area contributed by atoms with Crippen LogP contribution >= 0.6 is 12.4 Å². The van der Waals surface area contributed by atoms with Gasteiger partial charge in [-0.05, 0) is 44.3 Å². The quantitative estimate of drug-likeness (QED) is 0.848. The van der Waals surface area contributed by atoms with Gasteiger partial charge in [0.25, 0.3) is 0 Å². The van der Waals surface area contributed by atoms with Gasteiger partial charge in [-0.25, -0.2) is 0 Å². The minimum absolute atomic E-state index is 0. The lowest BCUT2D eigenvalue weighted by atomic mass is 9.89. The maximum absolute atomic E-state index is 12.0. The highest BCUT2D eigenvalue weighted by molar-refractivity contribution is 5.85. The number of likely N-dealkylation sites (tertiary alicyclic amines) is 1. The van der Waals surface area contributed by atoms with Crippen LogP contribution in [0.2, 0.25) is 0 Å². The minimum atomic E-state index is 0. The molecule has 0 aromatic heterocycles. The van der Waals surface area contributed by atoms with Crippen molar-refractivity contribution < 1.29 is 4.79 Å². The lowest BCUT2D eigenvalue weighted by Crippen LogP contribution is -2.38. The average molecular weight is 297 g/mol. The highest BCUT2D eigenvalue weighted by Gasteiger charge is 2.23. The molecule has 0 atom stereocenters. The molecule has 1 aliphatic heterocycles. The molecule has 2 rings (SSSR count). The first kappa shape index (κ1) is 17.0. The van der Waals surface area contributed by atoms with Crippen LogP contribution in [0.3, 0.4) is 0 Å². The second-order valence-corrected chi connectivity index (χ2v) is 5.27. The van der Waals surface area contributed by atoms with Gasteiger partial charge in [-0.3, -0.25) is 4.79 Å². The van der Waals surface area contributed by atoms with Gasteiger partial charge in [0.05, 0.1) is 0 Å². The smallest absolute Gasteiger partial charge is 0.222 e. The Balaban J connectivity index is 0.00000200. The van der Waals surface area contributed by atoms with Gasteiger partial charge in [0.2, 0.25) is 5.91 Å². The molecule has 20 heavy (non-hydrogen) atoms. The molecule has 0 radical (unpaired) electrons. The molecule has 1 fully saturated rings.